The molecule has 0 aliphatic heterocycles. The van der Waals surface area contributed by atoms with Crippen molar-refractivity contribution in [1.29, 1.82) is 0 Å². The van der Waals surface area contributed by atoms with E-state index in [2.05, 4.69) is 6.92 Å². The quantitative estimate of drug-likeness (QED) is 0.908. The molecule has 0 radical (unpaired) electrons. The second kappa shape index (κ2) is 7.28. The number of hydrogen-bond donors (Lipinski definition) is 1. The molecule has 1 aromatic carbocycles. The molecule has 116 valence electrons. The van der Waals surface area contributed by atoms with E-state index in [4.69, 9.17) is 17.3 Å². The lowest BCUT2D eigenvalue weighted by Gasteiger charge is -2.29. The Bertz CT molecular complexity index is 474. The molecule has 0 heterocycles. The number of carbonyl (C=O) groups is 1. The number of likely N-dealkylation sites (N-methyl/N-ethyl adjacent to an activating group) is 1. The highest BCUT2D eigenvalue weighted by Gasteiger charge is 2.34. The van der Waals surface area contributed by atoms with Crippen LogP contribution in [0.4, 0.5) is 0 Å². The fourth-order valence-electron chi connectivity index (χ4n) is 3.22. The van der Waals surface area contributed by atoms with Gasteiger partial charge in [0.25, 0.3) is 0 Å². The Morgan fingerprint density at radius 1 is 1.38 bits per heavy atom. The molecule has 0 saturated heterocycles. The predicted octanol–water partition coefficient (Wildman–Crippen LogP) is 3.10. The molecular weight excluding hydrogens is 284 g/mol. The highest BCUT2D eigenvalue weighted by Crippen LogP contribution is 2.32. The standard InChI is InChI=1S/C17H25ClN2O/c1-12(10-13-6-8-15(18)9-7-13)20(2)17(21)16-5-3-4-14(16)11-19/h6-9,12,14,16H,3-5,10-11,19H2,1-2H3/t12?,14-,16-/m1/s1. The van der Waals surface area contributed by atoms with Gasteiger partial charge in [0.1, 0.15) is 0 Å². The van der Waals surface area contributed by atoms with Crippen LogP contribution in [0.15, 0.2) is 24.3 Å². The Morgan fingerprint density at radius 3 is 2.67 bits per heavy atom. The van der Waals surface area contributed by atoms with Gasteiger partial charge in [-0.2, -0.15) is 0 Å². The summed E-state index contributed by atoms with van der Waals surface area (Å²) >= 11 is 5.90. The molecule has 1 saturated carbocycles. The molecular formula is C17H25ClN2O. The lowest BCUT2D eigenvalue weighted by atomic mass is 9.94. The molecule has 1 aromatic rings. The van der Waals surface area contributed by atoms with Crippen molar-refractivity contribution in [2.75, 3.05) is 13.6 Å². The van der Waals surface area contributed by atoms with Crippen molar-refractivity contribution in [2.24, 2.45) is 17.6 Å². The van der Waals surface area contributed by atoms with E-state index in [0.717, 1.165) is 30.7 Å². The molecule has 2 N–H and O–H groups in total. The summed E-state index contributed by atoms with van der Waals surface area (Å²) in [5.41, 5.74) is 6.99. The number of hydrogen-bond acceptors (Lipinski definition) is 2. The minimum Gasteiger partial charge on any atom is -0.342 e. The van der Waals surface area contributed by atoms with Crippen LogP contribution in [-0.2, 0) is 11.2 Å². The number of nitrogens with two attached hydrogens (primary N) is 1. The van der Waals surface area contributed by atoms with E-state index in [1.54, 1.807) is 0 Å². The average Bonchev–Trinajstić information content (AvgIpc) is 2.96. The first-order valence-corrected chi connectivity index (χ1v) is 8.12. The number of nitrogens with zero attached hydrogens (tertiary/aromatic N) is 1. The summed E-state index contributed by atoms with van der Waals surface area (Å²) in [7, 11) is 1.91. The van der Waals surface area contributed by atoms with E-state index in [0.29, 0.717) is 12.5 Å². The van der Waals surface area contributed by atoms with Crippen LogP contribution in [0.5, 0.6) is 0 Å². The Labute approximate surface area is 132 Å². The predicted molar refractivity (Wildman–Crippen MR) is 87.3 cm³/mol. The van der Waals surface area contributed by atoms with Gasteiger partial charge in [-0.25, -0.2) is 0 Å². The van der Waals surface area contributed by atoms with E-state index in [1.165, 1.54) is 5.56 Å². The van der Waals surface area contributed by atoms with Gasteiger partial charge in [0.15, 0.2) is 0 Å². The first kappa shape index (κ1) is 16.3. The number of benzene rings is 1. The van der Waals surface area contributed by atoms with Crippen LogP contribution in [0.2, 0.25) is 5.02 Å². The molecule has 1 unspecified atom stereocenters. The minimum atomic E-state index is 0.118. The van der Waals surface area contributed by atoms with Crippen molar-refractivity contribution >= 4 is 17.5 Å². The van der Waals surface area contributed by atoms with Crippen molar-refractivity contribution in [3.63, 3.8) is 0 Å². The molecule has 3 atom stereocenters. The maximum Gasteiger partial charge on any atom is 0.226 e. The van der Waals surface area contributed by atoms with Crippen LogP contribution in [-0.4, -0.2) is 30.4 Å². The van der Waals surface area contributed by atoms with Gasteiger partial charge in [-0.15, -0.1) is 0 Å². The fraction of sp³-hybridized carbons (Fsp3) is 0.588. The fourth-order valence-corrected chi connectivity index (χ4v) is 3.35. The largest absolute Gasteiger partial charge is 0.342 e. The van der Waals surface area contributed by atoms with Gasteiger partial charge < -0.3 is 10.6 Å². The topological polar surface area (TPSA) is 46.3 Å². The summed E-state index contributed by atoms with van der Waals surface area (Å²) in [6.07, 6.45) is 4.04. The lowest BCUT2D eigenvalue weighted by molar-refractivity contribution is -0.137. The van der Waals surface area contributed by atoms with Gasteiger partial charge in [0.2, 0.25) is 5.91 Å². The molecule has 0 aromatic heterocycles. The SMILES string of the molecule is CC(Cc1ccc(Cl)cc1)N(C)C(=O)[C@@H]1CCC[C@@H]1CN. The zero-order chi connectivity index (χ0) is 15.4. The van der Waals surface area contributed by atoms with Gasteiger partial charge in [-0.1, -0.05) is 30.2 Å². The van der Waals surface area contributed by atoms with Crippen LogP contribution in [0, 0.1) is 11.8 Å². The van der Waals surface area contributed by atoms with Crippen LogP contribution >= 0.6 is 11.6 Å². The second-order valence-corrected chi connectivity index (χ2v) is 6.60. The van der Waals surface area contributed by atoms with Crippen LogP contribution in [0.3, 0.4) is 0 Å². The second-order valence-electron chi connectivity index (χ2n) is 6.16. The number of carbonyl (C=O) groups excluding carboxylic acids is 1. The van der Waals surface area contributed by atoms with Gasteiger partial charge in [-0.3, -0.25) is 4.79 Å². The van der Waals surface area contributed by atoms with E-state index in [1.807, 2.05) is 36.2 Å². The summed E-state index contributed by atoms with van der Waals surface area (Å²) in [5, 5.41) is 0.743. The van der Waals surface area contributed by atoms with E-state index >= 15 is 0 Å². The van der Waals surface area contributed by atoms with Crippen molar-refractivity contribution in [3.05, 3.63) is 34.9 Å². The molecule has 21 heavy (non-hydrogen) atoms. The van der Waals surface area contributed by atoms with Crippen LogP contribution in [0.1, 0.15) is 31.7 Å². The van der Waals surface area contributed by atoms with E-state index < -0.39 is 0 Å². The summed E-state index contributed by atoms with van der Waals surface area (Å²) in [6.45, 7) is 2.72. The first-order valence-electron chi connectivity index (χ1n) is 7.74. The Morgan fingerprint density at radius 2 is 2.05 bits per heavy atom. The zero-order valence-electron chi connectivity index (χ0n) is 12.9. The maximum absolute atomic E-state index is 12.6. The molecule has 3 nitrogen and oxygen atoms in total. The van der Waals surface area contributed by atoms with Gasteiger partial charge >= 0.3 is 0 Å². The third kappa shape index (κ3) is 3.98. The number of amides is 1. The lowest BCUT2D eigenvalue weighted by Crippen LogP contribution is -2.42. The first-order chi connectivity index (χ1) is 10.0. The van der Waals surface area contributed by atoms with E-state index in [-0.39, 0.29) is 17.9 Å². The minimum absolute atomic E-state index is 0.118. The molecule has 1 aliphatic rings. The summed E-state index contributed by atoms with van der Waals surface area (Å²) in [4.78, 5) is 14.5. The summed E-state index contributed by atoms with van der Waals surface area (Å²) < 4.78 is 0. The average molecular weight is 309 g/mol. The molecule has 0 bridgehead atoms. The Hall–Kier alpha value is -1.06. The molecule has 1 aliphatic carbocycles. The smallest absolute Gasteiger partial charge is 0.226 e. The maximum atomic E-state index is 12.6. The van der Waals surface area contributed by atoms with Gasteiger partial charge in [-0.05, 0) is 56.3 Å². The van der Waals surface area contributed by atoms with Crippen molar-refractivity contribution in [1.82, 2.24) is 4.90 Å². The van der Waals surface area contributed by atoms with Crippen molar-refractivity contribution < 1.29 is 4.79 Å². The summed E-state index contributed by atoms with van der Waals surface area (Å²) in [6, 6.07) is 8.02. The zero-order valence-corrected chi connectivity index (χ0v) is 13.6. The van der Waals surface area contributed by atoms with Crippen LogP contribution in [0.25, 0.3) is 0 Å². The van der Waals surface area contributed by atoms with Gasteiger partial charge in [0.05, 0.1) is 0 Å². The normalized spacial score (nSPS) is 23.0. The Kier molecular flexibility index (Phi) is 5.65. The molecule has 1 amide bonds. The monoisotopic (exact) mass is 308 g/mol. The summed E-state index contributed by atoms with van der Waals surface area (Å²) in [5.74, 6) is 0.736. The highest BCUT2D eigenvalue weighted by molar-refractivity contribution is 6.30. The van der Waals surface area contributed by atoms with Crippen molar-refractivity contribution in [3.8, 4) is 0 Å². The van der Waals surface area contributed by atoms with Gasteiger partial charge in [0, 0.05) is 24.0 Å². The third-order valence-corrected chi connectivity index (χ3v) is 4.98. The number of halogens is 1. The highest BCUT2D eigenvalue weighted by atomic mass is 35.5. The molecule has 2 rings (SSSR count). The van der Waals surface area contributed by atoms with Crippen LogP contribution < -0.4 is 5.73 Å². The molecule has 0 spiro atoms. The molecule has 4 heteroatoms. The van der Waals surface area contributed by atoms with Crippen molar-refractivity contribution in [2.45, 2.75) is 38.6 Å². The molecule has 1 fully saturated rings. The Balaban J connectivity index is 1.96. The van der Waals surface area contributed by atoms with E-state index in [9.17, 15) is 4.79 Å². The number of rotatable bonds is 5. The third-order valence-electron chi connectivity index (χ3n) is 4.73.